The van der Waals surface area contributed by atoms with E-state index in [1.807, 2.05) is 19.1 Å². The van der Waals surface area contributed by atoms with Gasteiger partial charge in [-0.05, 0) is 30.7 Å². The minimum atomic E-state index is -3.85. The van der Waals surface area contributed by atoms with E-state index in [4.69, 9.17) is 9.15 Å². The van der Waals surface area contributed by atoms with E-state index in [0.717, 1.165) is 11.0 Å². The summed E-state index contributed by atoms with van der Waals surface area (Å²) < 4.78 is 36.6. The summed E-state index contributed by atoms with van der Waals surface area (Å²) in [5, 5.41) is 4.06. The Labute approximate surface area is 190 Å². The highest BCUT2D eigenvalue weighted by atomic mass is 32.2. The first-order valence-corrected chi connectivity index (χ1v) is 11.4. The predicted molar refractivity (Wildman–Crippen MR) is 124 cm³/mol. The first-order chi connectivity index (χ1) is 15.6. The molecule has 2 N–H and O–H groups in total. The van der Waals surface area contributed by atoms with Crippen LogP contribution in [0.1, 0.15) is 23.6 Å². The van der Waals surface area contributed by atoms with Gasteiger partial charge < -0.3 is 14.5 Å². The maximum absolute atomic E-state index is 12.1. The number of anilines is 1. The third kappa shape index (κ3) is 7.13. The number of carbonyl (C=O) groups is 2. The fraction of sp³-hybridized carbons (Fsp3) is 0.174. The molecule has 1 aromatic heterocycles. The highest BCUT2D eigenvalue weighted by molar-refractivity contribution is 7.92. The molecule has 0 fully saturated rings. The summed E-state index contributed by atoms with van der Waals surface area (Å²) in [6.45, 7) is 2.43. The van der Waals surface area contributed by atoms with Gasteiger partial charge in [0.15, 0.2) is 0 Å². The molecule has 0 unspecified atom stereocenters. The standard InChI is InChI=1S/C23H22N2O7S/c1-15-3-5-17(6-4-15)9-10-33(29,30)24-13-23(28)31-14-18-11-22(27)32-21-12-19(25-16(2)26)7-8-20(18)21/h3-12,24H,13-14H2,1-2H3,(H,25,26). The minimum absolute atomic E-state index is 0.210. The van der Waals surface area contributed by atoms with Crippen LogP contribution in [0.4, 0.5) is 5.69 Å². The van der Waals surface area contributed by atoms with Gasteiger partial charge in [0.1, 0.15) is 18.7 Å². The Morgan fingerprint density at radius 2 is 1.82 bits per heavy atom. The molecule has 0 aliphatic heterocycles. The quantitative estimate of drug-likeness (QED) is 0.382. The number of rotatable bonds is 8. The number of sulfonamides is 1. The lowest BCUT2D eigenvalue weighted by atomic mass is 10.1. The molecular formula is C23H22N2O7S. The van der Waals surface area contributed by atoms with Crippen LogP contribution in [0.5, 0.6) is 0 Å². The lowest BCUT2D eigenvalue weighted by Gasteiger charge is -2.09. The van der Waals surface area contributed by atoms with Crippen LogP contribution in [0.15, 0.2) is 63.2 Å². The molecule has 2 aromatic carbocycles. The zero-order chi connectivity index (χ0) is 24.0. The Hall–Kier alpha value is -3.76. The lowest BCUT2D eigenvalue weighted by Crippen LogP contribution is -2.29. The number of nitrogens with one attached hydrogen (secondary N) is 2. The molecule has 0 atom stereocenters. The van der Waals surface area contributed by atoms with Crippen molar-refractivity contribution in [3.63, 3.8) is 0 Å². The molecule has 172 valence electrons. The number of hydrogen-bond donors (Lipinski definition) is 2. The van der Waals surface area contributed by atoms with Gasteiger partial charge >= 0.3 is 11.6 Å². The second kappa shape index (κ2) is 10.2. The summed E-state index contributed by atoms with van der Waals surface area (Å²) in [6.07, 6.45) is 1.41. The monoisotopic (exact) mass is 470 g/mol. The van der Waals surface area contributed by atoms with Gasteiger partial charge in [0.2, 0.25) is 15.9 Å². The third-order valence-electron chi connectivity index (χ3n) is 4.47. The van der Waals surface area contributed by atoms with Crippen LogP contribution in [0.3, 0.4) is 0 Å². The fourth-order valence-corrected chi connectivity index (χ4v) is 3.64. The summed E-state index contributed by atoms with van der Waals surface area (Å²) >= 11 is 0. The second-order valence-electron chi connectivity index (χ2n) is 7.22. The SMILES string of the molecule is CC(=O)Nc1ccc2c(COC(=O)CNS(=O)(=O)C=Cc3ccc(C)cc3)cc(=O)oc2c1. The normalized spacial score (nSPS) is 11.6. The molecule has 0 aliphatic carbocycles. The summed E-state index contributed by atoms with van der Waals surface area (Å²) in [7, 11) is -3.85. The molecule has 1 amide bonds. The van der Waals surface area contributed by atoms with Crippen LogP contribution in [0.2, 0.25) is 0 Å². The molecule has 0 saturated heterocycles. The summed E-state index contributed by atoms with van der Waals surface area (Å²) in [4.78, 5) is 35.1. The molecule has 9 nitrogen and oxygen atoms in total. The van der Waals surface area contributed by atoms with E-state index < -0.39 is 28.2 Å². The van der Waals surface area contributed by atoms with Gasteiger partial charge in [0.05, 0.1) is 0 Å². The van der Waals surface area contributed by atoms with Gasteiger partial charge in [-0.1, -0.05) is 29.8 Å². The second-order valence-corrected chi connectivity index (χ2v) is 8.87. The van der Waals surface area contributed by atoms with E-state index in [1.165, 1.54) is 25.1 Å². The van der Waals surface area contributed by atoms with E-state index in [0.29, 0.717) is 22.2 Å². The van der Waals surface area contributed by atoms with Gasteiger partial charge in [-0.15, -0.1) is 0 Å². The molecule has 0 spiro atoms. The predicted octanol–water partition coefficient (Wildman–Crippen LogP) is 2.69. The van der Waals surface area contributed by atoms with Gasteiger partial charge in [-0.25, -0.2) is 17.9 Å². The maximum atomic E-state index is 12.1. The summed E-state index contributed by atoms with van der Waals surface area (Å²) in [5.41, 5.74) is 2.13. The number of amides is 1. The minimum Gasteiger partial charge on any atom is -0.460 e. The molecule has 0 radical (unpaired) electrons. The van der Waals surface area contributed by atoms with Crippen molar-refractivity contribution >= 4 is 44.6 Å². The maximum Gasteiger partial charge on any atom is 0.336 e. The van der Waals surface area contributed by atoms with E-state index >= 15 is 0 Å². The van der Waals surface area contributed by atoms with E-state index in [2.05, 4.69) is 10.0 Å². The van der Waals surface area contributed by atoms with Crippen molar-refractivity contribution in [2.45, 2.75) is 20.5 Å². The van der Waals surface area contributed by atoms with Crippen LogP contribution in [-0.4, -0.2) is 26.8 Å². The number of fused-ring (bicyclic) bond motifs is 1. The highest BCUT2D eigenvalue weighted by Crippen LogP contribution is 2.22. The van der Waals surface area contributed by atoms with Crippen molar-refractivity contribution < 1.29 is 27.2 Å². The number of esters is 1. The summed E-state index contributed by atoms with van der Waals surface area (Å²) in [6, 6.07) is 13.1. The van der Waals surface area contributed by atoms with Crippen molar-refractivity contribution in [1.82, 2.24) is 4.72 Å². The first kappa shape index (κ1) is 23.9. The van der Waals surface area contributed by atoms with Gasteiger partial charge in [0.25, 0.3) is 0 Å². The highest BCUT2D eigenvalue weighted by Gasteiger charge is 2.13. The Balaban J connectivity index is 1.61. The van der Waals surface area contributed by atoms with E-state index in [-0.39, 0.29) is 18.1 Å². The third-order valence-corrected chi connectivity index (χ3v) is 5.52. The van der Waals surface area contributed by atoms with Crippen molar-refractivity contribution in [3.8, 4) is 0 Å². The zero-order valence-corrected chi connectivity index (χ0v) is 18.8. The van der Waals surface area contributed by atoms with Crippen molar-refractivity contribution in [2.75, 3.05) is 11.9 Å². The smallest absolute Gasteiger partial charge is 0.336 e. The molecule has 10 heteroatoms. The Morgan fingerprint density at radius 3 is 2.52 bits per heavy atom. The number of hydrogen-bond acceptors (Lipinski definition) is 7. The Bertz CT molecular complexity index is 1370. The van der Waals surface area contributed by atoms with E-state index in [9.17, 15) is 22.8 Å². The molecule has 3 aromatic rings. The molecular weight excluding hydrogens is 448 g/mol. The molecule has 0 bridgehead atoms. The van der Waals surface area contributed by atoms with Crippen LogP contribution in [0, 0.1) is 6.92 Å². The van der Waals surface area contributed by atoms with Crippen LogP contribution < -0.4 is 15.7 Å². The van der Waals surface area contributed by atoms with Crippen molar-refractivity contribution in [2.24, 2.45) is 0 Å². The van der Waals surface area contributed by atoms with Crippen LogP contribution in [0.25, 0.3) is 17.0 Å². The fourth-order valence-electron chi connectivity index (χ4n) is 2.89. The molecule has 0 aliphatic rings. The lowest BCUT2D eigenvalue weighted by molar-refractivity contribution is -0.143. The number of carbonyl (C=O) groups excluding carboxylic acids is 2. The number of benzene rings is 2. The van der Waals surface area contributed by atoms with E-state index in [1.54, 1.807) is 24.3 Å². The molecule has 0 saturated carbocycles. The Kier molecular flexibility index (Phi) is 7.41. The first-order valence-electron chi connectivity index (χ1n) is 9.86. The Morgan fingerprint density at radius 1 is 1.09 bits per heavy atom. The summed E-state index contributed by atoms with van der Waals surface area (Å²) in [5.74, 6) is -1.10. The van der Waals surface area contributed by atoms with Crippen LogP contribution >= 0.6 is 0 Å². The number of aryl methyl sites for hydroxylation is 1. The van der Waals surface area contributed by atoms with Gasteiger partial charge in [0, 0.05) is 41.1 Å². The van der Waals surface area contributed by atoms with Crippen LogP contribution in [-0.2, 0) is 31.0 Å². The van der Waals surface area contributed by atoms with Gasteiger partial charge in [-0.3, -0.25) is 9.59 Å². The van der Waals surface area contributed by atoms with Crippen molar-refractivity contribution in [3.05, 3.63) is 81.0 Å². The van der Waals surface area contributed by atoms with Crippen molar-refractivity contribution in [1.29, 1.82) is 0 Å². The topological polar surface area (TPSA) is 132 Å². The largest absolute Gasteiger partial charge is 0.460 e. The zero-order valence-electron chi connectivity index (χ0n) is 18.0. The molecule has 3 rings (SSSR count). The number of ether oxygens (including phenoxy) is 1. The molecule has 33 heavy (non-hydrogen) atoms. The average Bonchev–Trinajstić information content (AvgIpc) is 2.75. The molecule has 1 heterocycles. The van der Waals surface area contributed by atoms with Gasteiger partial charge in [-0.2, -0.15) is 0 Å². The average molecular weight is 471 g/mol.